The maximum Gasteiger partial charge on any atom is 0.310 e. The maximum absolute atomic E-state index is 11.2. The third-order valence-corrected chi connectivity index (χ3v) is 2.53. The van der Waals surface area contributed by atoms with Crippen LogP contribution in [0.3, 0.4) is 0 Å². The summed E-state index contributed by atoms with van der Waals surface area (Å²) < 4.78 is 5.29. The second kappa shape index (κ2) is 7.04. The van der Waals surface area contributed by atoms with Crippen molar-refractivity contribution in [2.24, 2.45) is 0 Å². The van der Waals surface area contributed by atoms with Gasteiger partial charge in [0.15, 0.2) is 0 Å². The standard InChI is InChI=1S/C14H20O2/c1-3-5-6-9-12-10-7-8-11-13(12)16-14(15)4-2/h7-8,10-11H,3-6,9H2,1-2H3. The molecule has 0 aliphatic rings. The summed E-state index contributed by atoms with van der Waals surface area (Å²) in [5.74, 6) is 0.563. The van der Waals surface area contributed by atoms with Crippen molar-refractivity contribution in [1.82, 2.24) is 0 Å². The summed E-state index contributed by atoms with van der Waals surface area (Å²) in [6.45, 7) is 3.99. The van der Waals surface area contributed by atoms with Gasteiger partial charge in [0.2, 0.25) is 0 Å². The molecule has 88 valence electrons. The van der Waals surface area contributed by atoms with E-state index in [-0.39, 0.29) is 5.97 Å². The van der Waals surface area contributed by atoms with Gasteiger partial charge in [-0.15, -0.1) is 0 Å². The van der Waals surface area contributed by atoms with Gasteiger partial charge in [-0.1, -0.05) is 44.9 Å². The molecule has 1 rings (SSSR count). The molecule has 0 unspecified atom stereocenters. The molecular formula is C14H20O2. The Kier molecular flexibility index (Phi) is 5.62. The second-order valence-corrected chi connectivity index (χ2v) is 3.89. The van der Waals surface area contributed by atoms with Crippen molar-refractivity contribution in [3.8, 4) is 5.75 Å². The van der Waals surface area contributed by atoms with E-state index in [1.165, 1.54) is 12.8 Å². The van der Waals surface area contributed by atoms with Crippen LogP contribution >= 0.6 is 0 Å². The van der Waals surface area contributed by atoms with Gasteiger partial charge >= 0.3 is 5.97 Å². The molecule has 0 saturated heterocycles. The highest BCUT2D eigenvalue weighted by molar-refractivity contribution is 5.72. The van der Waals surface area contributed by atoms with Crippen LogP contribution in [0.1, 0.15) is 45.1 Å². The zero-order valence-corrected chi connectivity index (χ0v) is 10.2. The Morgan fingerprint density at radius 2 is 1.94 bits per heavy atom. The van der Waals surface area contributed by atoms with Crippen LogP contribution in [0.15, 0.2) is 24.3 Å². The number of esters is 1. The van der Waals surface area contributed by atoms with Crippen LogP contribution in [0.4, 0.5) is 0 Å². The Balaban J connectivity index is 2.63. The van der Waals surface area contributed by atoms with Gasteiger partial charge < -0.3 is 4.74 Å². The second-order valence-electron chi connectivity index (χ2n) is 3.89. The molecule has 2 heteroatoms. The molecule has 0 N–H and O–H groups in total. The first-order valence-electron chi connectivity index (χ1n) is 6.06. The van der Waals surface area contributed by atoms with Crippen LogP contribution < -0.4 is 4.74 Å². The molecule has 0 atom stereocenters. The van der Waals surface area contributed by atoms with Crippen LogP contribution in [0.5, 0.6) is 5.75 Å². The quantitative estimate of drug-likeness (QED) is 0.415. The summed E-state index contributed by atoms with van der Waals surface area (Å²) in [6.07, 6.45) is 4.98. The Labute approximate surface area is 97.6 Å². The summed E-state index contributed by atoms with van der Waals surface area (Å²) in [6, 6.07) is 7.80. The normalized spacial score (nSPS) is 10.1. The van der Waals surface area contributed by atoms with Crippen LogP contribution in [-0.2, 0) is 11.2 Å². The van der Waals surface area contributed by atoms with Gasteiger partial charge in [0.25, 0.3) is 0 Å². The molecule has 1 aromatic rings. The Morgan fingerprint density at radius 3 is 2.62 bits per heavy atom. The van der Waals surface area contributed by atoms with Gasteiger partial charge in [0.1, 0.15) is 5.75 Å². The molecule has 1 aromatic carbocycles. The molecule has 2 nitrogen and oxygen atoms in total. The van der Waals surface area contributed by atoms with E-state index in [1.807, 2.05) is 31.2 Å². The molecule has 0 saturated carbocycles. The lowest BCUT2D eigenvalue weighted by atomic mass is 10.1. The lowest BCUT2D eigenvalue weighted by molar-refractivity contribution is -0.134. The number of hydrogen-bond donors (Lipinski definition) is 0. The third kappa shape index (κ3) is 4.05. The number of ether oxygens (including phenoxy) is 1. The number of benzene rings is 1. The van der Waals surface area contributed by atoms with Crippen molar-refractivity contribution in [3.63, 3.8) is 0 Å². The first-order valence-corrected chi connectivity index (χ1v) is 6.06. The fraction of sp³-hybridized carbons (Fsp3) is 0.500. The number of para-hydroxylation sites is 1. The fourth-order valence-electron chi connectivity index (χ4n) is 1.57. The lowest BCUT2D eigenvalue weighted by Gasteiger charge is -2.08. The molecule has 16 heavy (non-hydrogen) atoms. The van der Waals surface area contributed by atoms with E-state index in [0.29, 0.717) is 6.42 Å². The number of carbonyl (C=O) groups excluding carboxylic acids is 1. The van der Waals surface area contributed by atoms with Gasteiger partial charge in [0, 0.05) is 6.42 Å². The molecule has 0 aliphatic heterocycles. The van der Waals surface area contributed by atoms with Crippen molar-refractivity contribution in [3.05, 3.63) is 29.8 Å². The minimum atomic E-state index is -0.164. The zero-order valence-electron chi connectivity index (χ0n) is 10.2. The highest BCUT2D eigenvalue weighted by Gasteiger charge is 2.06. The maximum atomic E-state index is 11.2. The average molecular weight is 220 g/mol. The van der Waals surface area contributed by atoms with Gasteiger partial charge in [-0.25, -0.2) is 0 Å². The van der Waals surface area contributed by atoms with Crippen LogP contribution in [0.25, 0.3) is 0 Å². The number of carbonyl (C=O) groups is 1. The van der Waals surface area contributed by atoms with Crippen molar-refractivity contribution in [2.75, 3.05) is 0 Å². The first kappa shape index (κ1) is 12.8. The summed E-state index contributed by atoms with van der Waals surface area (Å²) in [4.78, 5) is 11.2. The van der Waals surface area contributed by atoms with E-state index in [9.17, 15) is 4.79 Å². The smallest absolute Gasteiger partial charge is 0.310 e. The van der Waals surface area contributed by atoms with E-state index < -0.39 is 0 Å². The van der Waals surface area contributed by atoms with Crippen molar-refractivity contribution >= 4 is 5.97 Å². The van der Waals surface area contributed by atoms with Crippen LogP contribution in [0.2, 0.25) is 0 Å². The lowest BCUT2D eigenvalue weighted by Crippen LogP contribution is -2.07. The van der Waals surface area contributed by atoms with Gasteiger partial charge in [0.05, 0.1) is 0 Å². The molecule has 0 amide bonds. The Morgan fingerprint density at radius 1 is 1.19 bits per heavy atom. The highest BCUT2D eigenvalue weighted by Crippen LogP contribution is 2.20. The van der Waals surface area contributed by atoms with E-state index >= 15 is 0 Å². The average Bonchev–Trinajstić information content (AvgIpc) is 2.31. The number of rotatable bonds is 6. The van der Waals surface area contributed by atoms with Crippen LogP contribution in [-0.4, -0.2) is 5.97 Å². The molecule has 0 spiro atoms. The number of unbranched alkanes of at least 4 members (excludes halogenated alkanes) is 2. The number of aryl methyl sites for hydroxylation is 1. The Bertz CT molecular complexity index is 331. The molecule has 0 radical (unpaired) electrons. The van der Waals surface area contributed by atoms with Crippen molar-refractivity contribution < 1.29 is 9.53 Å². The van der Waals surface area contributed by atoms with E-state index in [0.717, 1.165) is 24.2 Å². The molecule has 0 bridgehead atoms. The third-order valence-electron chi connectivity index (χ3n) is 2.53. The predicted octanol–water partition coefficient (Wildman–Crippen LogP) is 3.73. The monoisotopic (exact) mass is 220 g/mol. The van der Waals surface area contributed by atoms with Gasteiger partial charge in [-0.2, -0.15) is 0 Å². The SMILES string of the molecule is CCCCCc1ccccc1OC(=O)CC. The number of hydrogen-bond acceptors (Lipinski definition) is 2. The highest BCUT2D eigenvalue weighted by atomic mass is 16.5. The van der Waals surface area contributed by atoms with E-state index in [4.69, 9.17) is 4.74 Å². The summed E-state index contributed by atoms with van der Waals surface area (Å²) >= 11 is 0. The van der Waals surface area contributed by atoms with Crippen molar-refractivity contribution in [2.45, 2.75) is 46.0 Å². The largest absolute Gasteiger partial charge is 0.426 e. The van der Waals surface area contributed by atoms with E-state index in [1.54, 1.807) is 0 Å². The molecular weight excluding hydrogens is 200 g/mol. The molecule has 0 aliphatic carbocycles. The van der Waals surface area contributed by atoms with Gasteiger partial charge in [-0.3, -0.25) is 4.79 Å². The molecule has 0 fully saturated rings. The minimum Gasteiger partial charge on any atom is -0.426 e. The topological polar surface area (TPSA) is 26.3 Å². The predicted molar refractivity (Wildman–Crippen MR) is 65.6 cm³/mol. The van der Waals surface area contributed by atoms with Gasteiger partial charge in [-0.05, 0) is 24.5 Å². The Hall–Kier alpha value is -1.31. The van der Waals surface area contributed by atoms with Crippen LogP contribution in [0, 0.1) is 0 Å². The van der Waals surface area contributed by atoms with Crippen molar-refractivity contribution in [1.29, 1.82) is 0 Å². The molecule has 0 heterocycles. The first-order chi connectivity index (χ1) is 7.77. The summed E-state index contributed by atoms with van der Waals surface area (Å²) in [7, 11) is 0. The summed E-state index contributed by atoms with van der Waals surface area (Å²) in [5.41, 5.74) is 1.14. The fourth-order valence-corrected chi connectivity index (χ4v) is 1.57. The van der Waals surface area contributed by atoms with E-state index in [2.05, 4.69) is 6.92 Å². The minimum absolute atomic E-state index is 0.164. The summed E-state index contributed by atoms with van der Waals surface area (Å²) in [5, 5.41) is 0. The zero-order chi connectivity index (χ0) is 11.8. The molecule has 0 aromatic heterocycles.